The van der Waals surface area contributed by atoms with E-state index in [9.17, 15) is 43.2 Å². The van der Waals surface area contributed by atoms with E-state index in [2.05, 4.69) is 155 Å². The van der Waals surface area contributed by atoms with Crippen LogP contribution in [0.4, 0.5) is 0 Å². The van der Waals surface area contributed by atoms with Crippen LogP contribution in [0, 0.1) is 0 Å². The predicted octanol–water partition coefficient (Wildman–Crippen LogP) is 22.7. The fraction of sp³-hybridized carbons (Fsp3) is 0.663. The number of phosphoric ester groups is 2. The van der Waals surface area contributed by atoms with Gasteiger partial charge in [-0.25, -0.2) is 9.13 Å². The SMILES string of the molecule is CC/C=C\C/C=C\C/C=C\C/C=C\C/C=C\C/C=C\CCC(=O)OCC(COP(=O)(O)OCC(O)COP(=O)(O)OCC(COC(=O)CCCCCCC/C=C\C/C=C\C/C=C\CC)OC(=O)CCCCCCC/C=C\C/C=C\CCCCC)OC(=O)CCCCCCC/C=C\CCCCCC. The highest BCUT2D eigenvalue weighted by molar-refractivity contribution is 7.47. The largest absolute Gasteiger partial charge is 0.472 e. The van der Waals surface area contributed by atoms with Crippen LogP contribution < -0.4 is 0 Å². The van der Waals surface area contributed by atoms with Crippen molar-refractivity contribution in [2.75, 3.05) is 39.6 Å². The Balaban J connectivity index is 5.44. The number of phosphoric acid groups is 2. The van der Waals surface area contributed by atoms with Crippen LogP contribution in [0.3, 0.4) is 0 Å². The van der Waals surface area contributed by atoms with Gasteiger partial charge in [-0.3, -0.25) is 37.3 Å². The van der Waals surface area contributed by atoms with Crippen molar-refractivity contribution in [2.45, 2.75) is 316 Å². The summed E-state index contributed by atoms with van der Waals surface area (Å²) in [4.78, 5) is 72.9. The molecule has 0 fully saturated rings. The highest BCUT2D eigenvalue weighted by atomic mass is 31.2. The average molecular weight is 1470 g/mol. The Morgan fingerprint density at radius 1 is 0.284 bits per heavy atom. The number of esters is 4. The second kappa shape index (κ2) is 74.2. The fourth-order valence-electron chi connectivity index (χ4n) is 9.87. The summed E-state index contributed by atoms with van der Waals surface area (Å²) in [6.45, 7) is 4.47. The quantitative estimate of drug-likeness (QED) is 0.0169. The Kier molecular flexibility index (Phi) is 70.5. The molecule has 0 aromatic carbocycles. The third-order valence-electron chi connectivity index (χ3n) is 15.8. The highest BCUT2D eigenvalue weighted by Crippen LogP contribution is 2.45. The Labute approximate surface area is 617 Å². The van der Waals surface area contributed by atoms with Gasteiger partial charge < -0.3 is 33.8 Å². The Morgan fingerprint density at radius 2 is 0.529 bits per heavy atom. The molecule has 5 atom stereocenters. The first-order valence-electron chi connectivity index (χ1n) is 39.1. The fourth-order valence-corrected chi connectivity index (χ4v) is 11.5. The molecular weight excluding hydrogens is 1330 g/mol. The number of carbonyl (C=O) groups is 4. The first-order chi connectivity index (χ1) is 49.7. The summed E-state index contributed by atoms with van der Waals surface area (Å²) in [5.74, 6) is -2.32. The highest BCUT2D eigenvalue weighted by Gasteiger charge is 2.30. The molecule has 0 spiro atoms. The average Bonchev–Trinajstić information content (AvgIpc) is 0.908. The minimum atomic E-state index is -5.00. The molecule has 0 heterocycles. The van der Waals surface area contributed by atoms with E-state index in [0.717, 1.165) is 167 Å². The summed E-state index contributed by atoms with van der Waals surface area (Å²) in [7, 11) is -9.99. The van der Waals surface area contributed by atoms with Crippen LogP contribution in [-0.4, -0.2) is 96.7 Å². The third kappa shape index (κ3) is 73.3. The van der Waals surface area contributed by atoms with Crippen molar-refractivity contribution in [1.82, 2.24) is 0 Å². The maximum absolute atomic E-state index is 13.1. The number of ether oxygens (including phenoxy) is 4. The number of carbonyl (C=O) groups excluding carboxylic acids is 4. The first-order valence-corrected chi connectivity index (χ1v) is 42.1. The van der Waals surface area contributed by atoms with E-state index in [1.54, 1.807) is 0 Å². The molecule has 0 bridgehead atoms. The van der Waals surface area contributed by atoms with E-state index in [1.807, 2.05) is 18.2 Å². The molecule has 3 N–H and O–H groups in total. The minimum Gasteiger partial charge on any atom is -0.462 e. The number of rotatable bonds is 72. The summed E-state index contributed by atoms with van der Waals surface area (Å²) >= 11 is 0. The van der Waals surface area contributed by atoms with Crippen molar-refractivity contribution >= 4 is 39.5 Å². The molecule has 0 aromatic heterocycles. The molecule has 0 aliphatic rings. The van der Waals surface area contributed by atoms with Gasteiger partial charge in [-0.1, -0.05) is 263 Å². The molecule has 0 aliphatic heterocycles. The monoisotopic (exact) mass is 1470 g/mol. The lowest BCUT2D eigenvalue weighted by Crippen LogP contribution is -2.30. The normalized spacial score (nSPS) is 14.7. The van der Waals surface area contributed by atoms with Gasteiger partial charge in [0.15, 0.2) is 12.2 Å². The molecule has 0 aliphatic carbocycles. The smallest absolute Gasteiger partial charge is 0.462 e. The molecule has 0 saturated carbocycles. The van der Waals surface area contributed by atoms with Gasteiger partial charge in [0.2, 0.25) is 0 Å². The van der Waals surface area contributed by atoms with E-state index in [4.69, 9.17) is 37.0 Å². The molecule has 19 heteroatoms. The van der Waals surface area contributed by atoms with E-state index < -0.39 is 97.5 Å². The number of hydrogen-bond donors (Lipinski definition) is 3. The van der Waals surface area contributed by atoms with Crippen LogP contribution in [0.25, 0.3) is 0 Å². The molecule has 5 unspecified atom stereocenters. The van der Waals surface area contributed by atoms with Crippen LogP contribution in [0.5, 0.6) is 0 Å². The molecule has 0 rings (SSSR count). The number of hydrogen-bond acceptors (Lipinski definition) is 15. The lowest BCUT2D eigenvalue weighted by molar-refractivity contribution is -0.161. The van der Waals surface area contributed by atoms with Crippen LogP contribution in [0.2, 0.25) is 0 Å². The van der Waals surface area contributed by atoms with Gasteiger partial charge in [0, 0.05) is 25.7 Å². The molecule has 0 saturated heterocycles. The second-order valence-corrected chi connectivity index (χ2v) is 28.4. The van der Waals surface area contributed by atoms with E-state index in [0.29, 0.717) is 32.1 Å². The number of aliphatic hydroxyl groups excluding tert-OH is 1. The van der Waals surface area contributed by atoms with Gasteiger partial charge in [0.05, 0.1) is 26.4 Å². The van der Waals surface area contributed by atoms with Crippen LogP contribution in [-0.2, 0) is 65.4 Å². The molecule has 582 valence electrons. The van der Waals surface area contributed by atoms with Gasteiger partial charge in [-0.05, 0) is 154 Å². The number of unbranched alkanes of at least 4 members (excludes halogenated alkanes) is 22. The van der Waals surface area contributed by atoms with Crippen molar-refractivity contribution < 1.29 is 80.2 Å². The third-order valence-corrected chi connectivity index (χ3v) is 17.7. The van der Waals surface area contributed by atoms with Gasteiger partial charge in [0.25, 0.3) is 0 Å². The maximum atomic E-state index is 13.1. The van der Waals surface area contributed by atoms with E-state index in [1.165, 1.54) is 44.9 Å². The Hall–Kier alpha value is -5.06. The lowest BCUT2D eigenvalue weighted by Gasteiger charge is -2.21. The molecule has 17 nitrogen and oxygen atoms in total. The van der Waals surface area contributed by atoms with Gasteiger partial charge in [-0.15, -0.1) is 0 Å². The van der Waals surface area contributed by atoms with E-state index in [-0.39, 0.29) is 25.7 Å². The minimum absolute atomic E-state index is 0.0307. The molecule has 102 heavy (non-hydrogen) atoms. The van der Waals surface area contributed by atoms with Gasteiger partial charge in [-0.2, -0.15) is 0 Å². The topological polar surface area (TPSA) is 237 Å². The van der Waals surface area contributed by atoms with Crippen molar-refractivity contribution in [1.29, 1.82) is 0 Å². The zero-order chi connectivity index (χ0) is 74.6. The molecule has 0 aromatic rings. The zero-order valence-corrected chi connectivity index (χ0v) is 65.3. The van der Waals surface area contributed by atoms with Crippen LogP contribution >= 0.6 is 15.6 Å². The number of allylic oxidation sites excluding steroid dienone is 24. The van der Waals surface area contributed by atoms with E-state index >= 15 is 0 Å². The van der Waals surface area contributed by atoms with Crippen molar-refractivity contribution in [3.8, 4) is 0 Å². The Morgan fingerprint density at radius 3 is 0.873 bits per heavy atom. The lowest BCUT2D eigenvalue weighted by atomic mass is 10.1. The first kappa shape index (κ1) is 96.9. The molecule has 0 amide bonds. The summed E-state index contributed by atoms with van der Waals surface area (Å²) < 4.78 is 68.4. The van der Waals surface area contributed by atoms with Crippen LogP contribution in [0.1, 0.15) is 297 Å². The van der Waals surface area contributed by atoms with Gasteiger partial charge >= 0.3 is 39.5 Å². The number of aliphatic hydroxyl groups is 1. The molecule has 0 radical (unpaired) electrons. The maximum Gasteiger partial charge on any atom is 0.472 e. The van der Waals surface area contributed by atoms with Crippen molar-refractivity contribution in [3.05, 3.63) is 146 Å². The second-order valence-electron chi connectivity index (χ2n) is 25.5. The summed E-state index contributed by atoms with van der Waals surface area (Å²) in [5.41, 5.74) is 0. The molecular formula is C83H138O17P2. The summed E-state index contributed by atoms with van der Waals surface area (Å²) in [6.07, 6.45) is 84.2. The van der Waals surface area contributed by atoms with Crippen LogP contribution in [0.15, 0.2) is 146 Å². The van der Waals surface area contributed by atoms with Crippen molar-refractivity contribution in [3.63, 3.8) is 0 Å². The van der Waals surface area contributed by atoms with Crippen molar-refractivity contribution in [2.24, 2.45) is 0 Å². The summed E-state index contributed by atoms with van der Waals surface area (Å²) in [5, 5.41) is 10.6. The zero-order valence-electron chi connectivity index (χ0n) is 63.5. The summed E-state index contributed by atoms with van der Waals surface area (Å²) in [6, 6.07) is 0. The standard InChI is InChI=1S/C83H138O17P2/c1-5-9-13-17-21-25-29-33-36-37-38-39-42-45-48-52-56-60-64-68-81(86)94-73-78(99-82(87)69-65-61-57-53-49-43-32-28-24-20-16-12-8-4)75-97-101(89,90)95-71-77(84)72-96-102(91,92)98-76-79(100-83(88)70-66-62-58-54-50-46-41-35-31-27-23-19-15-11-7-3)74-93-80(85)67-63-59-55-51-47-44-40-34-30-26-22-18-14-10-6-2/h9-10,13-14,21-23,25-28,32-36,38-41,45,48,56,60,77-79,84H,5-8,11-12,15-20,24,29-31,37,42-44,46-47,49-55,57-59,61-76H2,1-4H3,(H,89,90)(H,91,92)/b13-9-,14-10-,25-21-,26-22-,27-23-,32-28-,36-33-,39-38-,40-34-,41-35-,48-45-,60-56-. The Bertz CT molecular complexity index is 2510. The van der Waals surface area contributed by atoms with Gasteiger partial charge in [0.1, 0.15) is 19.3 Å². The predicted molar refractivity (Wildman–Crippen MR) is 417 cm³/mol.